The quantitative estimate of drug-likeness (QED) is 0.788. The first kappa shape index (κ1) is 9.30. The first-order valence-corrected chi connectivity index (χ1v) is 5.00. The Labute approximate surface area is 88.7 Å². The Bertz CT molecular complexity index is 521. The number of carboxylic acid groups (broad SMARTS) is 1. The summed E-state index contributed by atoms with van der Waals surface area (Å²) in [5.74, 6) is -1.01. The number of rotatable bonds is 1. The molecule has 1 aromatic heterocycles. The Morgan fingerprint density at radius 2 is 2.21 bits per heavy atom. The largest absolute Gasteiger partial charge is 0.477 e. The number of carbonyl (C=O) groups is 1. The molecule has 1 aromatic carbocycles. The number of nitrogens with two attached hydrogens (primary N) is 1. The lowest BCUT2D eigenvalue weighted by Crippen LogP contribution is -1.97. The lowest BCUT2D eigenvalue weighted by molar-refractivity contribution is 0.0703. The summed E-state index contributed by atoms with van der Waals surface area (Å²) in [5, 5.41) is 9.97. The normalized spacial score (nSPS) is 10.6. The van der Waals surface area contributed by atoms with Gasteiger partial charge in [0, 0.05) is 10.1 Å². The number of hydrogen-bond acceptors (Lipinski definition) is 3. The SMILES string of the molecule is Nc1c(C(=O)O)sc2cccc(Cl)c12. The van der Waals surface area contributed by atoms with Crippen LogP contribution in [0.15, 0.2) is 18.2 Å². The smallest absolute Gasteiger partial charge is 0.348 e. The third-order valence-corrected chi connectivity index (χ3v) is 3.37. The molecule has 0 aliphatic carbocycles. The topological polar surface area (TPSA) is 63.3 Å². The van der Waals surface area contributed by atoms with Crippen molar-refractivity contribution >= 4 is 44.7 Å². The molecular weight excluding hydrogens is 222 g/mol. The molecule has 0 bridgehead atoms. The second kappa shape index (κ2) is 3.15. The van der Waals surface area contributed by atoms with Crippen LogP contribution in [0.2, 0.25) is 5.02 Å². The van der Waals surface area contributed by atoms with E-state index < -0.39 is 5.97 Å². The van der Waals surface area contributed by atoms with Crippen LogP contribution in [-0.2, 0) is 0 Å². The molecule has 3 nitrogen and oxygen atoms in total. The molecule has 0 atom stereocenters. The molecule has 72 valence electrons. The molecule has 5 heteroatoms. The van der Waals surface area contributed by atoms with E-state index in [9.17, 15) is 4.79 Å². The molecule has 0 amide bonds. The van der Waals surface area contributed by atoms with Gasteiger partial charge in [-0.3, -0.25) is 0 Å². The van der Waals surface area contributed by atoms with Gasteiger partial charge < -0.3 is 10.8 Å². The summed E-state index contributed by atoms with van der Waals surface area (Å²) in [4.78, 5) is 10.9. The summed E-state index contributed by atoms with van der Waals surface area (Å²) >= 11 is 7.05. The molecule has 0 aliphatic heterocycles. The molecule has 0 aliphatic rings. The van der Waals surface area contributed by atoms with E-state index in [2.05, 4.69) is 0 Å². The highest BCUT2D eigenvalue weighted by Gasteiger charge is 2.16. The number of nitrogen functional groups attached to an aromatic ring is 1. The van der Waals surface area contributed by atoms with E-state index in [-0.39, 0.29) is 10.6 Å². The van der Waals surface area contributed by atoms with Crippen molar-refractivity contribution < 1.29 is 9.90 Å². The summed E-state index contributed by atoms with van der Waals surface area (Å²) in [7, 11) is 0. The Morgan fingerprint density at radius 1 is 1.50 bits per heavy atom. The van der Waals surface area contributed by atoms with Gasteiger partial charge in [0.2, 0.25) is 0 Å². The Hall–Kier alpha value is -1.26. The highest BCUT2D eigenvalue weighted by molar-refractivity contribution is 7.21. The maximum Gasteiger partial charge on any atom is 0.348 e. The standard InChI is InChI=1S/C9H6ClNO2S/c10-4-2-1-3-5-6(4)7(11)8(14-5)9(12)13/h1-3H,11H2,(H,12,13). The molecule has 0 spiro atoms. The zero-order chi connectivity index (χ0) is 10.3. The third kappa shape index (κ3) is 1.23. The number of hydrogen-bond donors (Lipinski definition) is 2. The van der Waals surface area contributed by atoms with Crippen molar-refractivity contribution in [2.75, 3.05) is 5.73 Å². The lowest BCUT2D eigenvalue weighted by Gasteiger charge is -1.94. The molecule has 0 fully saturated rings. The maximum atomic E-state index is 10.8. The van der Waals surface area contributed by atoms with Crippen LogP contribution >= 0.6 is 22.9 Å². The summed E-state index contributed by atoms with van der Waals surface area (Å²) in [5.41, 5.74) is 5.94. The number of thiophene rings is 1. The maximum absolute atomic E-state index is 10.8. The first-order valence-electron chi connectivity index (χ1n) is 3.81. The summed E-state index contributed by atoms with van der Waals surface area (Å²) in [6, 6.07) is 5.26. The Morgan fingerprint density at radius 3 is 2.79 bits per heavy atom. The van der Waals surface area contributed by atoms with Crippen LogP contribution < -0.4 is 5.73 Å². The Kier molecular flexibility index (Phi) is 2.09. The van der Waals surface area contributed by atoms with Crippen molar-refractivity contribution in [3.8, 4) is 0 Å². The molecule has 2 aromatic rings. The van der Waals surface area contributed by atoms with Crippen LogP contribution in [-0.4, -0.2) is 11.1 Å². The second-order valence-electron chi connectivity index (χ2n) is 2.76. The molecule has 14 heavy (non-hydrogen) atoms. The van der Waals surface area contributed by atoms with Crippen LogP contribution in [0.5, 0.6) is 0 Å². The Balaban J connectivity index is 2.87. The van der Waals surface area contributed by atoms with Gasteiger partial charge in [0.15, 0.2) is 0 Å². The highest BCUT2D eigenvalue weighted by Crippen LogP contribution is 2.37. The van der Waals surface area contributed by atoms with Gasteiger partial charge in [-0.2, -0.15) is 0 Å². The van der Waals surface area contributed by atoms with Crippen molar-refractivity contribution in [3.63, 3.8) is 0 Å². The van der Waals surface area contributed by atoms with E-state index in [1.165, 1.54) is 0 Å². The minimum atomic E-state index is -1.01. The first-order chi connectivity index (χ1) is 6.61. The fraction of sp³-hybridized carbons (Fsp3) is 0. The van der Waals surface area contributed by atoms with Gasteiger partial charge in [-0.25, -0.2) is 4.79 Å². The van der Waals surface area contributed by atoms with Gasteiger partial charge >= 0.3 is 5.97 Å². The second-order valence-corrected chi connectivity index (χ2v) is 4.22. The van der Waals surface area contributed by atoms with Crippen molar-refractivity contribution in [1.29, 1.82) is 0 Å². The zero-order valence-corrected chi connectivity index (χ0v) is 8.52. The number of fused-ring (bicyclic) bond motifs is 1. The van der Waals surface area contributed by atoms with Crippen LogP contribution in [0.25, 0.3) is 10.1 Å². The van der Waals surface area contributed by atoms with E-state index in [0.717, 1.165) is 16.0 Å². The van der Waals surface area contributed by atoms with Gasteiger partial charge in [-0.15, -0.1) is 11.3 Å². The molecule has 0 saturated heterocycles. The highest BCUT2D eigenvalue weighted by atomic mass is 35.5. The van der Waals surface area contributed by atoms with Crippen molar-refractivity contribution in [1.82, 2.24) is 0 Å². The molecule has 0 radical (unpaired) electrons. The van der Waals surface area contributed by atoms with E-state index in [0.29, 0.717) is 10.4 Å². The third-order valence-electron chi connectivity index (χ3n) is 1.90. The van der Waals surface area contributed by atoms with Crippen LogP contribution in [0, 0.1) is 0 Å². The fourth-order valence-corrected chi connectivity index (χ4v) is 2.61. The predicted octanol–water partition coefficient (Wildman–Crippen LogP) is 2.84. The fourth-order valence-electron chi connectivity index (χ4n) is 1.29. The average Bonchev–Trinajstić information content (AvgIpc) is 2.45. The average molecular weight is 228 g/mol. The number of halogens is 1. The number of benzene rings is 1. The van der Waals surface area contributed by atoms with Crippen LogP contribution in [0.4, 0.5) is 5.69 Å². The van der Waals surface area contributed by atoms with E-state index >= 15 is 0 Å². The summed E-state index contributed by atoms with van der Waals surface area (Å²) in [6.45, 7) is 0. The number of anilines is 1. The van der Waals surface area contributed by atoms with E-state index in [4.69, 9.17) is 22.4 Å². The summed E-state index contributed by atoms with van der Waals surface area (Å²) in [6.07, 6.45) is 0. The number of aromatic carboxylic acids is 1. The van der Waals surface area contributed by atoms with Crippen molar-refractivity contribution in [2.24, 2.45) is 0 Å². The van der Waals surface area contributed by atoms with Gasteiger partial charge in [0.25, 0.3) is 0 Å². The molecule has 1 heterocycles. The van der Waals surface area contributed by atoms with Crippen LogP contribution in [0.1, 0.15) is 9.67 Å². The van der Waals surface area contributed by atoms with Gasteiger partial charge in [-0.05, 0) is 12.1 Å². The van der Waals surface area contributed by atoms with E-state index in [1.54, 1.807) is 18.2 Å². The zero-order valence-electron chi connectivity index (χ0n) is 6.95. The van der Waals surface area contributed by atoms with E-state index in [1.807, 2.05) is 0 Å². The summed E-state index contributed by atoms with van der Waals surface area (Å²) < 4.78 is 0.799. The molecule has 3 N–H and O–H groups in total. The predicted molar refractivity (Wildman–Crippen MR) is 58.2 cm³/mol. The molecule has 0 unspecified atom stereocenters. The minimum Gasteiger partial charge on any atom is -0.477 e. The van der Waals surface area contributed by atoms with Gasteiger partial charge in [0.1, 0.15) is 4.88 Å². The van der Waals surface area contributed by atoms with Crippen LogP contribution in [0.3, 0.4) is 0 Å². The molecule has 2 rings (SSSR count). The molecular formula is C9H6ClNO2S. The van der Waals surface area contributed by atoms with Crippen molar-refractivity contribution in [2.45, 2.75) is 0 Å². The number of carboxylic acids is 1. The monoisotopic (exact) mass is 227 g/mol. The van der Waals surface area contributed by atoms with Crippen molar-refractivity contribution in [3.05, 3.63) is 28.1 Å². The molecule has 0 saturated carbocycles. The van der Waals surface area contributed by atoms with Gasteiger partial charge in [-0.1, -0.05) is 17.7 Å². The van der Waals surface area contributed by atoms with Gasteiger partial charge in [0.05, 0.1) is 10.7 Å². The minimum absolute atomic E-state index is 0.146. The lowest BCUT2D eigenvalue weighted by atomic mass is 10.2.